The Balaban J connectivity index is 2.59. The topological polar surface area (TPSA) is 39.4 Å². The van der Waals surface area contributed by atoms with Crippen molar-refractivity contribution in [3.05, 3.63) is 23.7 Å². The summed E-state index contributed by atoms with van der Waals surface area (Å²) in [6.45, 7) is 4.31. The maximum atomic E-state index is 11.3. The molecule has 0 saturated carbocycles. The first-order valence-corrected chi connectivity index (χ1v) is 3.90. The normalized spacial score (nSPS) is 10.2. The average Bonchev–Trinajstić information content (AvgIpc) is 2.47. The molecule has 1 heterocycles. The van der Waals surface area contributed by atoms with Gasteiger partial charge in [-0.3, -0.25) is 4.79 Å². The van der Waals surface area contributed by atoms with Crippen molar-refractivity contribution in [1.82, 2.24) is 0 Å². The van der Waals surface area contributed by atoms with Gasteiger partial charge < -0.3 is 9.15 Å². The molecule has 0 aliphatic rings. The molecule has 0 N–H and O–H groups in total. The van der Waals surface area contributed by atoms with Gasteiger partial charge in [-0.25, -0.2) is 0 Å². The van der Waals surface area contributed by atoms with Gasteiger partial charge in [0.1, 0.15) is 12.4 Å². The second-order valence-electron chi connectivity index (χ2n) is 2.45. The minimum atomic E-state index is -0.0249. The van der Waals surface area contributed by atoms with Crippen LogP contribution in [-0.2, 0) is 4.74 Å². The number of rotatable bonds is 4. The van der Waals surface area contributed by atoms with Crippen LogP contribution in [0.5, 0.6) is 0 Å². The van der Waals surface area contributed by atoms with E-state index in [2.05, 4.69) is 0 Å². The SMILES string of the molecule is CCOCC(=O)c1ccoc1C. The summed E-state index contributed by atoms with van der Waals surface area (Å²) in [5, 5.41) is 0. The van der Waals surface area contributed by atoms with Crippen molar-refractivity contribution in [3.63, 3.8) is 0 Å². The van der Waals surface area contributed by atoms with E-state index in [1.165, 1.54) is 6.26 Å². The van der Waals surface area contributed by atoms with Crippen molar-refractivity contribution in [2.75, 3.05) is 13.2 Å². The second kappa shape index (κ2) is 4.07. The zero-order valence-electron chi connectivity index (χ0n) is 7.29. The summed E-state index contributed by atoms with van der Waals surface area (Å²) in [7, 11) is 0. The van der Waals surface area contributed by atoms with Gasteiger partial charge in [0.05, 0.1) is 11.8 Å². The van der Waals surface area contributed by atoms with Gasteiger partial charge in [0, 0.05) is 6.61 Å². The molecule has 0 aromatic carbocycles. The Bertz CT molecular complexity index is 262. The molecule has 1 aromatic heterocycles. The molecule has 66 valence electrons. The van der Waals surface area contributed by atoms with E-state index in [1.54, 1.807) is 13.0 Å². The van der Waals surface area contributed by atoms with Crippen LogP contribution in [0.2, 0.25) is 0 Å². The zero-order valence-corrected chi connectivity index (χ0v) is 7.29. The lowest BCUT2D eigenvalue weighted by molar-refractivity contribution is 0.0782. The van der Waals surface area contributed by atoms with E-state index >= 15 is 0 Å². The maximum absolute atomic E-state index is 11.3. The molecule has 0 aliphatic carbocycles. The van der Waals surface area contributed by atoms with Crippen molar-refractivity contribution in [1.29, 1.82) is 0 Å². The van der Waals surface area contributed by atoms with Gasteiger partial charge in [0.15, 0.2) is 5.78 Å². The first-order valence-electron chi connectivity index (χ1n) is 3.90. The fraction of sp³-hybridized carbons (Fsp3) is 0.444. The van der Waals surface area contributed by atoms with Crippen molar-refractivity contribution >= 4 is 5.78 Å². The second-order valence-corrected chi connectivity index (χ2v) is 2.45. The number of carbonyl (C=O) groups is 1. The molecule has 0 amide bonds. The molecule has 0 atom stereocenters. The van der Waals surface area contributed by atoms with Crippen molar-refractivity contribution in [3.8, 4) is 0 Å². The number of Topliss-reactive ketones (excluding diaryl/α,β-unsaturated/α-hetero) is 1. The van der Waals surface area contributed by atoms with E-state index in [9.17, 15) is 4.79 Å². The lowest BCUT2D eigenvalue weighted by atomic mass is 10.2. The monoisotopic (exact) mass is 168 g/mol. The van der Waals surface area contributed by atoms with Crippen molar-refractivity contribution < 1.29 is 13.9 Å². The molecule has 3 heteroatoms. The van der Waals surface area contributed by atoms with Crippen LogP contribution in [0.4, 0.5) is 0 Å². The standard InChI is InChI=1S/C9H12O3/c1-3-11-6-9(10)8-4-5-12-7(8)2/h4-5H,3,6H2,1-2H3. The number of ketones is 1. The smallest absolute Gasteiger partial charge is 0.191 e. The van der Waals surface area contributed by atoms with E-state index < -0.39 is 0 Å². The third-order valence-electron chi connectivity index (χ3n) is 1.60. The molecule has 0 saturated heterocycles. The van der Waals surface area contributed by atoms with E-state index in [-0.39, 0.29) is 12.4 Å². The highest BCUT2D eigenvalue weighted by molar-refractivity contribution is 5.97. The summed E-state index contributed by atoms with van der Waals surface area (Å²) in [6.07, 6.45) is 1.51. The van der Waals surface area contributed by atoms with Gasteiger partial charge in [0.25, 0.3) is 0 Å². The fourth-order valence-corrected chi connectivity index (χ4v) is 0.947. The van der Waals surface area contributed by atoms with Gasteiger partial charge in [-0.05, 0) is 19.9 Å². The van der Waals surface area contributed by atoms with Crippen LogP contribution in [0.1, 0.15) is 23.0 Å². The molecule has 3 nitrogen and oxygen atoms in total. The summed E-state index contributed by atoms with van der Waals surface area (Å²) in [6, 6.07) is 1.66. The molecule has 0 bridgehead atoms. The minimum absolute atomic E-state index is 0.0249. The Hall–Kier alpha value is -1.09. The van der Waals surface area contributed by atoms with Gasteiger partial charge in [-0.2, -0.15) is 0 Å². The van der Waals surface area contributed by atoms with Crippen molar-refractivity contribution in [2.24, 2.45) is 0 Å². The molecule has 12 heavy (non-hydrogen) atoms. The molecular formula is C9H12O3. The van der Waals surface area contributed by atoms with E-state index in [0.717, 1.165) is 0 Å². The summed E-state index contributed by atoms with van der Waals surface area (Å²) in [5.41, 5.74) is 0.614. The largest absolute Gasteiger partial charge is 0.469 e. The quantitative estimate of drug-likeness (QED) is 0.643. The molecule has 1 aromatic rings. The number of hydrogen-bond acceptors (Lipinski definition) is 3. The Morgan fingerprint density at radius 2 is 2.42 bits per heavy atom. The number of aryl methyl sites for hydroxylation is 1. The van der Waals surface area contributed by atoms with Gasteiger partial charge in [-0.15, -0.1) is 0 Å². The van der Waals surface area contributed by atoms with E-state index in [0.29, 0.717) is 17.9 Å². The highest BCUT2D eigenvalue weighted by Gasteiger charge is 2.10. The molecule has 0 fully saturated rings. The highest BCUT2D eigenvalue weighted by Crippen LogP contribution is 2.09. The summed E-state index contributed by atoms with van der Waals surface area (Å²) < 4.78 is 9.97. The third-order valence-corrected chi connectivity index (χ3v) is 1.60. The first kappa shape index (κ1) is 9.00. The Labute approximate surface area is 71.3 Å². The van der Waals surface area contributed by atoms with E-state index in [4.69, 9.17) is 9.15 Å². The summed E-state index contributed by atoms with van der Waals surface area (Å²) in [5.74, 6) is 0.628. The Morgan fingerprint density at radius 3 is 2.92 bits per heavy atom. The predicted molar refractivity (Wildman–Crippen MR) is 44.3 cm³/mol. The Kier molecular flexibility index (Phi) is 3.05. The van der Waals surface area contributed by atoms with Crippen LogP contribution in [-0.4, -0.2) is 19.0 Å². The number of furan rings is 1. The van der Waals surface area contributed by atoms with Gasteiger partial charge in [0.2, 0.25) is 0 Å². The van der Waals surface area contributed by atoms with Gasteiger partial charge in [-0.1, -0.05) is 0 Å². The molecule has 0 spiro atoms. The number of ether oxygens (including phenoxy) is 1. The first-order chi connectivity index (χ1) is 5.75. The van der Waals surface area contributed by atoms with Crippen LogP contribution in [0.3, 0.4) is 0 Å². The predicted octanol–water partition coefficient (Wildman–Crippen LogP) is 1.81. The molecule has 1 rings (SSSR count). The number of carbonyl (C=O) groups excluding carboxylic acids is 1. The molecule has 0 radical (unpaired) electrons. The van der Waals surface area contributed by atoms with Crippen molar-refractivity contribution in [2.45, 2.75) is 13.8 Å². The minimum Gasteiger partial charge on any atom is -0.469 e. The van der Waals surface area contributed by atoms with Crippen LogP contribution < -0.4 is 0 Å². The molecular weight excluding hydrogens is 156 g/mol. The van der Waals surface area contributed by atoms with Crippen LogP contribution in [0.25, 0.3) is 0 Å². The van der Waals surface area contributed by atoms with Crippen LogP contribution in [0, 0.1) is 6.92 Å². The average molecular weight is 168 g/mol. The summed E-state index contributed by atoms with van der Waals surface area (Å²) in [4.78, 5) is 11.3. The van der Waals surface area contributed by atoms with Crippen LogP contribution in [0.15, 0.2) is 16.7 Å². The van der Waals surface area contributed by atoms with E-state index in [1.807, 2.05) is 6.92 Å². The lowest BCUT2D eigenvalue weighted by Gasteiger charge is -1.98. The Morgan fingerprint density at radius 1 is 1.67 bits per heavy atom. The van der Waals surface area contributed by atoms with Gasteiger partial charge >= 0.3 is 0 Å². The van der Waals surface area contributed by atoms with Crippen LogP contribution >= 0.6 is 0 Å². The summed E-state index contributed by atoms with van der Waals surface area (Å²) >= 11 is 0. The lowest BCUT2D eigenvalue weighted by Crippen LogP contribution is -2.08. The highest BCUT2D eigenvalue weighted by atomic mass is 16.5. The fourth-order valence-electron chi connectivity index (χ4n) is 0.947. The third kappa shape index (κ3) is 1.95. The molecule has 0 unspecified atom stereocenters. The number of hydrogen-bond donors (Lipinski definition) is 0. The maximum Gasteiger partial charge on any atom is 0.191 e. The zero-order chi connectivity index (χ0) is 8.97. The molecule has 0 aliphatic heterocycles.